The molecule has 0 saturated heterocycles. The third kappa shape index (κ3) is 2.77. The maximum Gasteiger partial charge on any atom is 0.0604 e. The van der Waals surface area contributed by atoms with Gasteiger partial charge in [0.25, 0.3) is 0 Å². The second-order valence-electron chi connectivity index (χ2n) is 5.46. The standard InChI is InChI=1S/C19H20N2S/c1-4-5-15-6-8-16(9-7-15)19-14(2)21(3)20-12-18(19)17-10-11-22-13-17/h6-13H,2,4-5H2,1,3H3. The van der Waals surface area contributed by atoms with Gasteiger partial charge in [-0.25, -0.2) is 0 Å². The van der Waals surface area contributed by atoms with Crippen LogP contribution >= 0.6 is 11.3 Å². The third-order valence-electron chi connectivity index (χ3n) is 3.92. The Morgan fingerprint density at radius 1 is 1.14 bits per heavy atom. The van der Waals surface area contributed by atoms with Gasteiger partial charge in [0.1, 0.15) is 0 Å². The van der Waals surface area contributed by atoms with Gasteiger partial charge in [0, 0.05) is 18.2 Å². The van der Waals surface area contributed by atoms with Crippen molar-refractivity contribution in [1.29, 1.82) is 0 Å². The summed E-state index contributed by atoms with van der Waals surface area (Å²) in [4.78, 5) is 0. The number of thiophene rings is 1. The number of rotatable bonds is 4. The highest BCUT2D eigenvalue weighted by atomic mass is 32.1. The molecule has 1 aliphatic heterocycles. The van der Waals surface area contributed by atoms with E-state index in [2.05, 4.69) is 59.7 Å². The number of likely N-dealkylation sites (N-methyl/N-ethyl adjacent to an activating group) is 1. The van der Waals surface area contributed by atoms with Crippen molar-refractivity contribution in [1.82, 2.24) is 5.01 Å². The van der Waals surface area contributed by atoms with Gasteiger partial charge in [-0.05, 0) is 39.9 Å². The van der Waals surface area contributed by atoms with Crippen molar-refractivity contribution in [2.75, 3.05) is 7.05 Å². The molecule has 0 unspecified atom stereocenters. The van der Waals surface area contributed by atoms with Crippen molar-refractivity contribution in [2.24, 2.45) is 5.10 Å². The first kappa shape index (κ1) is 14.8. The van der Waals surface area contributed by atoms with Crippen molar-refractivity contribution in [3.05, 3.63) is 70.1 Å². The highest BCUT2D eigenvalue weighted by Gasteiger charge is 2.20. The molecular formula is C19H20N2S. The molecule has 3 heteroatoms. The Morgan fingerprint density at radius 3 is 2.55 bits per heavy atom. The summed E-state index contributed by atoms with van der Waals surface area (Å²) >= 11 is 1.70. The van der Waals surface area contributed by atoms with Gasteiger partial charge in [0.2, 0.25) is 0 Å². The van der Waals surface area contributed by atoms with Gasteiger partial charge in [-0.2, -0.15) is 16.4 Å². The van der Waals surface area contributed by atoms with E-state index in [4.69, 9.17) is 0 Å². The van der Waals surface area contributed by atoms with Gasteiger partial charge in [0.15, 0.2) is 0 Å². The molecule has 0 N–H and O–H groups in total. The largest absolute Gasteiger partial charge is 0.269 e. The molecule has 3 rings (SSSR count). The first-order valence-electron chi connectivity index (χ1n) is 7.54. The summed E-state index contributed by atoms with van der Waals surface area (Å²) < 4.78 is 0. The van der Waals surface area contributed by atoms with Gasteiger partial charge in [-0.3, -0.25) is 5.01 Å². The fraction of sp³-hybridized carbons (Fsp3) is 0.211. The number of hydrazone groups is 1. The molecule has 0 aliphatic carbocycles. The van der Waals surface area contributed by atoms with Crippen molar-refractivity contribution in [3.8, 4) is 0 Å². The maximum atomic E-state index is 4.43. The number of benzene rings is 1. The van der Waals surface area contributed by atoms with Crippen LogP contribution in [0.1, 0.15) is 30.0 Å². The van der Waals surface area contributed by atoms with E-state index in [1.165, 1.54) is 28.7 Å². The van der Waals surface area contributed by atoms with Crippen LogP contribution in [0.3, 0.4) is 0 Å². The van der Waals surface area contributed by atoms with E-state index in [1.54, 1.807) is 11.3 Å². The molecule has 2 aromatic rings. The van der Waals surface area contributed by atoms with Gasteiger partial charge in [0.05, 0.1) is 11.9 Å². The summed E-state index contributed by atoms with van der Waals surface area (Å²) in [5, 5.41) is 10.5. The number of aryl methyl sites for hydroxylation is 1. The Bertz CT molecular complexity index is 721. The summed E-state index contributed by atoms with van der Waals surface area (Å²) in [6.45, 7) is 6.44. The Morgan fingerprint density at radius 2 is 1.91 bits per heavy atom. The lowest BCUT2D eigenvalue weighted by Gasteiger charge is -2.25. The quantitative estimate of drug-likeness (QED) is 0.771. The predicted octanol–water partition coefficient (Wildman–Crippen LogP) is 5.06. The molecule has 0 saturated carbocycles. The summed E-state index contributed by atoms with van der Waals surface area (Å²) in [5.74, 6) is 0. The van der Waals surface area contributed by atoms with Crippen LogP contribution in [0, 0.1) is 0 Å². The molecule has 2 heterocycles. The lowest BCUT2D eigenvalue weighted by molar-refractivity contribution is 0.468. The molecule has 0 radical (unpaired) electrons. The van der Waals surface area contributed by atoms with Crippen LogP contribution in [-0.2, 0) is 6.42 Å². The molecular weight excluding hydrogens is 288 g/mol. The van der Waals surface area contributed by atoms with E-state index in [1.807, 2.05) is 18.3 Å². The fourth-order valence-electron chi connectivity index (χ4n) is 2.68. The molecule has 0 bridgehead atoms. The average Bonchev–Trinajstić information content (AvgIpc) is 3.05. The van der Waals surface area contributed by atoms with Crippen LogP contribution in [0.15, 0.2) is 58.5 Å². The fourth-order valence-corrected chi connectivity index (χ4v) is 3.34. The first-order chi connectivity index (χ1) is 10.7. The van der Waals surface area contributed by atoms with Gasteiger partial charge >= 0.3 is 0 Å². The molecule has 1 aromatic carbocycles. The maximum absolute atomic E-state index is 4.43. The number of hydrogen-bond donors (Lipinski definition) is 0. The van der Waals surface area contributed by atoms with E-state index in [0.29, 0.717) is 0 Å². The van der Waals surface area contributed by atoms with Gasteiger partial charge in [-0.15, -0.1) is 0 Å². The van der Waals surface area contributed by atoms with Gasteiger partial charge < -0.3 is 0 Å². The topological polar surface area (TPSA) is 15.6 Å². The van der Waals surface area contributed by atoms with E-state index in [9.17, 15) is 0 Å². The number of hydrogen-bond acceptors (Lipinski definition) is 3. The molecule has 2 nitrogen and oxygen atoms in total. The lowest BCUT2D eigenvalue weighted by atomic mass is 9.92. The minimum atomic E-state index is 0.937. The Hall–Kier alpha value is -2.13. The molecule has 112 valence electrons. The van der Waals surface area contributed by atoms with Crippen molar-refractivity contribution in [2.45, 2.75) is 19.8 Å². The molecule has 1 aromatic heterocycles. The second-order valence-corrected chi connectivity index (χ2v) is 6.24. The minimum absolute atomic E-state index is 0.937. The van der Waals surface area contributed by atoms with Crippen LogP contribution in [0.25, 0.3) is 11.1 Å². The first-order valence-corrected chi connectivity index (χ1v) is 8.48. The molecule has 0 atom stereocenters. The van der Waals surface area contributed by atoms with E-state index >= 15 is 0 Å². The third-order valence-corrected chi connectivity index (χ3v) is 4.61. The SMILES string of the molecule is C=C1C(c2ccc(CCC)cc2)=C(c2ccsc2)C=NN1C. The zero-order valence-electron chi connectivity index (χ0n) is 13.0. The van der Waals surface area contributed by atoms with E-state index in [-0.39, 0.29) is 0 Å². The van der Waals surface area contributed by atoms with E-state index < -0.39 is 0 Å². The number of allylic oxidation sites excluding steroid dienone is 2. The number of nitrogens with zero attached hydrogens (tertiary/aromatic N) is 2. The highest BCUT2D eigenvalue weighted by Crippen LogP contribution is 2.35. The smallest absolute Gasteiger partial charge is 0.0604 e. The second kappa shape index (κ2) is 6.32. The van der Waals surface area contributed by atoms with Crippen LogP contribution in [0.5, 0.6) is 0 Å². The van der Waals surface area contributed by atoms with Crippen molar-refractivity contribution >= 4 is 28.7 Å². The Balaban J connectivity index is 2.09. The molecule has 0 spiro atoms. The van der Waals surface area contributed by atoms with Gasteiger partial charge in [-0.1, -0.05) is 44.2 Å². The molecule has 22 heavy (non-hydrogen) atoms. The normalized spacial score (nSPS) is 14.8. The van der Waals surface area contributed by atoms with Crippen LogP contribution < -0.4 is 0 Å². The zero-order valence-corrected chi connectivity index (χ0v) is 13.9. The van der Waals surface area contributed by atoms with Crippen molar-refractivity contribution in [3.63, 3.8) is 0 Å². The summed E-state index contributed by atoms with van der Waals surface area (Å²) in [6, 6.07) is 11.0. The summed E-state index contributed by atoms with van der Waals surface area (Å²) in [7, 11) is 1.94. The van der Waals surface area contributed by atoms with Crippen LogP contribution in [0.4, 0.5) is 0 Å². The predicted molar refractivity (Wildman–Crippen MR) is 97.0 cm³/mol. The highest BCUT2D eigenvalue weighted by molar-refractivity contribution is 7.08. The molecule has 1 aliphatic rings. The molecule has 0 fully saturated rings. The Labute approximate surface area is 136 Å². The monoisotopic (exact) mass is 308 g/mol. The van der Waals surface area contributed by atoms with Crippen molar-refractivity contribution < 1.29 is 0 Å². The summed E-state index contributed by atoms with van der Waals surface area (Å²) in [6.07, 6.45) is 4.23. The Kier molecular flexibility index (Phi) is 4.25. The average molecular weight is 308 g/mol. The summed E-state index contributed by atoms with van der Waals surface area (Å²) in [5.41, 5.74) is 7.03. The van der Waals surface area contributed by atoms with Crippen LogP contribution in [-0.4, -0.2) is 18.3 Å². The zero-order chi connectivity index (χ0) is 15.5. The molecule has 0 amide bonds. The van der Waals surface area contributed by atoms with Crippen LogP contribution in [0.2, 0.25) is 0 Å². The van der Waals surface area contributed by atoms with E-state index in [0.717, 1.165) is 17.7 Å². The lowest BCUT2D eigenvalue weighted by Crippen LogP contribution is -2.17. The minimum Gasteiger partial charge on any atom is -0.269 e.